The average Bonchev–Trinajstić information content (AvgIpc) is 2.27. The van der Waals surface area contributed by atoms with Crippen LogP contribution in [0.4, 0.5) is 5.13 Å². The number of nitrogens with zero attached hydrogens (tertiary/aromatic N) is 1. The summed E-state index contributed by atoms with van der Waals surface area (Å²) in [5, 5.41) is 0.640. The van der Waals surface area contributed by atoms with Crippen molar-refractivity contribution in [1.82, 2.24) is 4.98 Å². The number of anilines is 1. The van der Waals surface area contributed by atoms with Gasteiger partial charge in [-0.25, -0.2) is 4.98 Å². The summed E-state index contributed by atoms with van der Waals surface area (Å²) in [4.78, 5) is 4.11. The summed E-state index contributed by atoms with van der Waals surface area (Å²) in [5.74, 6) is 0. The molecule has 0 aliphatic heterocycles. The molecule has 0 unspecified atom stereocenters. The van der Waals surface area contributed by atoms with Crippen LogP contribution in [0.25, 0.3) is 10.2 Å². The van der Waals surface area contributed by atoms with E-state index in [0.29, 0.717) is 5.13 Å². The molecule has 2 nitrogen and oxygen atoms in total. The maximum absolute atomic E-state index is 5.50. The molecule has 2 N–H and O–H groups in total. The minimum absolute atomic E-state index is 0. The Morgan fingerprint density at radius 2 is 2.00 bits per heavy atom. The summed E-state index contributed by atoms with van der Waals surface area (Å²) in [7, 11) is 0. The average molecular weight is 184 g/mol. The van der Waals surface area contributed by atoms with Crippen LogP contribution < -0.4 is 5.73 Å². The van der Waals surface area contributed by atoms with Gasteiger partial charge in [-0.1, -0.05) is 23.5 Å². The van der Waals surface area contributed by atoms with Crippen molar-refractivity contribution in [2.45, 2.75) is 0 Å². The lowest BCUT2D eigenvalue weighted by atomic mass is 10.3. The summed E-state index contributed by atoms with van der Waals surface area (Å²) in [6.45, 7) is 0. The summed E-state index contributed by atoms with van der Waals surface area (Å²) < 4.78 is 1.15. The fourth-order valence-electron chi connectivity index (χ4n) is 0.890. The zero-order valence-corrected chi connectivity index (χ0v) is 7.56. The number of rotatable bonds is 0. The van der Waals surface area contributed by atoms with Crippen LogP contribution in [0.3, 0.4) is 0 Å². The van der Waals surface area contributed by atoms with E-state index in [9.17, 15) is 0 Å². The van der Waals surface area contributed by atoms with E-state index in [1.54, 1.807) is 0 Å². The molecule has 0 atom stereocenters. The first-order chi connectivity index (χ1) is 4.86. The lowest BCUT2D eigenvalue weighted by Gasteiger charge is -1.80. The first-order valence-corrected chi connectivity index (χ1v) is 3.79. The van der Waals surface area contributed by atoms with Crippen molar-refractivity contribution in [2.24, 2.45) is 0 Å². The van der Waals surface area contributed by atoms with Gasteiger partial charge in [0.2, 0.25) is 0 Å². The van der Waals surface area contributed by atoms with Crippen LogP contribution in [0.5, 0.6) is 0 Å². The second-order valence-corrected chi connectivity index (χ2v) is 3.08. The maximum Gasteiger partial charge on any atom is 0.181 e. The number of para-hydroxylation sites is 1. The third-order valence-corrected chi connectivity index (χ3v) is 2.18. The van der Waals surface area contributed by atoms with Crippen molar-refractivity contribution in [1.29, 1.82) is 0 Å². The number of nitrogens with two attached hydrogens (primary N) is 1. The molecule has 0 bridgehead atoms. The van der Waals surface area contributed by atoms with Gasteiger partial charge in [0.1, 0.15) is 0 Å². The Morgan fingerprint density at radius 3 is 2.73 bits per heavy atom. The van der Waals surface area contributed by atoms with Crippen molar-refractivity contribution in [3.05, 3.63) is 24.3 Å². The third kappa shape index (κ3) is 1.46. The highest BCUT2D eigenvalue weighted by Gasteiger charge is 1.96. The summed E-state index contributed by atoms with van der Waals surface area (Å²) >= 11 is 1.52. The highest BCUT2D eigenvalue weighted by Crippen LogP contribution is 2.22. The van der Waals surface area contributed by atoms with Crippen LogP contribution >= 0.6 is 24.8 Å². The molecule has 11 heavy (non-hydrogen) atoms. The molecule has 0 amide bonds. The topological polar surface area (TPSA) is 38.9 Å². The second-order valence-electron chi connectivity index (χ2n) is 2.02. The van der Waals surface area contributed by atoms with Gasteiger partial charge in [-0.3, -0.25) is 0 Å². The van der Waals surface area contributed by atoms with Gasteiger partial charge in [-0.15, -0.1) is 0 Å². The number of aromatic nitrogens is 1. The van der Waals surface area contributed by atoms with Gasteiger partial charge < -0.3 is 5.73 Å². The van der Waals surface area contributed by atoms with Crippen molar-refractivity contribution in [3.8, 4) is 0 Å². The van der Waals surface area contributed by atoms with Crippen LogP contribution in [-0.2, 0) is 0 Å². The van der Waals surface area contributed by atoms with Crippen molar-refractivity contribution >= 4 is 40.2 Å². The van der Waals surface area contributed by atoms with E-state index in [1.807, 2.05) is 24.3 Å². The van der Waals surface area contributed by atoms with E-state index in [4.69, 9.17) is 5.73 Å². The number of benzene rings is 1. The fraction of sp³-hybridized carbons (Fsp3) is 0. The second kappa shape index (κ2) is 3.11. The molecular weight excluding hydrogens is 176 g/mol. The highest BCUT2D eigenvalue weighted by atomic mass is 32.1. The zero-order valence-electron chi connectivity index (χ0n) is 5.74. The molecule has 4 heteroatoms. The largest absolute Gasteiger partial charge is 0.375 e. The molecule has 1 aromatic heterocycles. The summed E-state index contributed by atoms with van der Waals surface area (Å²) in [6.07, 6.45) is 0. The molecular formula is C7H8N2S2. The minimum atomic E-state index is 0. The molecule has 58 valence electrons. The molecule has 0 aliphatic rings. The fourth-order valence-corrected chi connectivity index (χ4v) is 1.62. The van der Waals surface area contributed by atoms with Gasteiger partial charge >= 0.3 is 0 Å². The molecule has 0 aliphatic carbocycles. The quantitative estimate of drug-likeness (QED) is 0.680. The van der Waals surface area contributed by atoms with Gasteiger partial charge in [-0.2, -0.15) is 13.5 Å². The van der Waals surface area contributed by atoms with E-state index in [1.165, 1.54) is 11.3 Å². The Morgan fingerprint density at radius 1 is 1.27 bits per heavy atom. The van der Waals surface area contributed by atoms with E-state index in [2.05, 4.69) is 4.98 Å². The van der Waals surface area contributed by atoms with Crippen LogP contribution in [-0.4, -0.2) is 4.98 Å². The van der Waals surface area contributed by atoms with Gasteiger partial charge in [0, 0.05) is 0 Å². The molecule has 1 heterocycles. The number of nitrogen functional groups attached to an aromatic ring is 1. The number of hydrogen-bond acceptors (Lipinski definition) is 3. The van der Waals surface area contributed by atoms with E-state index < -0.39 is 0 Å². The summed E-state index contributed by atoms with van der Waals surface area (Å²) in [6, 6.07) is 7.92. The predicted molar refractivity (Wildman–Crippen MR) is 54.4 cm³/mol. The Kier molecular flexibility index (Phi) is 2.36. The Hall–Kier alpha value is -0.740. The highest BCUT2D eigenvalue weighted by molar-refractivity contribution is 7.59. The van der Waals surface area contributed by atoms with Crippen LogP contribution in [0.1, 0.15) is 0 Å². The molecule has 2 aromatic rings. The number of hydrogen-bond donors (Lipinski definition) is 1. The van der Waals surface area contributed by atoms with Gasteiger partial charge in [0.25, 0.3) is 0 Å². The van der Waals surface area contributed by atoms with Crippen LogP contribution in [0.15, 0.2) is 24.3 Å². The normalized spacial score (nSPS) is 9.45. The molecule has 0 saturated carbocycles. The Balaban J connectivity index is 0.000000605. The molecule has 1 aromatic carbocycles. The predicted octanol–water partition coefficient (Wildman–Crippen LogP) is 1.99. The maximum atomic E-state index is 5.50. The van der Waals surface area contributed by atoms with Crippen molar-refractivity contribution < 1.29 is 0 Å². The van der Waals surface area contributed by atoms with Crippen molar-refractivity contribution in [3.63, 3.8) is 0 Å². The van der Waals surface area contributed by atoms with E-state index in [-0.39, 0.29) is 13.5 Å². The Bertz CT molecular complexity index is 323. The van der Waals surface area contributed by atoms with Gasteiger partial charge in [0.15, 0.2) is 5.13 Å². The van der Waals surface area contributed by atoms with E-state index in [0.717, 1.165) is 10.2 Å². The van der Waals surface area contributed by atoms with Gasteiger partial charge in [0.05, 0.1) is 10.2 Å². The molecule has 0 radical (unpaired) electrons. The molecule has 2 rings (SSSR count). The number of fused-ring (bicyclic) bond motifs is 1. The molecule has 0 saturated heterocycles. The lowest BCUT2D eigenvalue weighted by molar-refractivity contribution is 1.50. The standard InChI is InChI=1S/C7H6N2S.H2S/c8-7-9-5-3-1-2-4-6(5)10-7;/h1-4H,(H2,8,9);1H2. The smallest absolute Gasteiger partial charge is 0.181 e. The number of thiazole rings is 1. The first kappa shape index (κ1) is 8.36. The Labute approximate surface area is 75.5 Å². The van der Waals surface area contributed by atoms with Crippen LogP contribution in [0.2, 0.25) is 0 Å². The first-order valence-electron chi connectivity index (χ1n) is 2.97. The van der Waals surface area contributed by atoms with Crippen molar-refractivity contribution in [2.75, 3.05) is 5.73 Å². The monoisotopic (exact) mass is 184 g/mol. The SMILES string of the molecule is Nc1nc2ccccc2s1.S. The van der Waals surface area contributed by atoms with Gasteiger partial charge in [-0.05, 0) is 12.1 Å². The lowest BCUT2D eigenvalue weighted by Crippen LogP contribution is -1.78. The van der Waals surface area contributed by atoms with E-state index >= 15 is 0 Å². The third-order valence-electron chi connectivity index (χ3n) is 1.31. The zero-order chi connectivity index (χ0) is 6.97. The summed E-state index contributed by atoms with van der Waals surface area (Å²) in [5.41, 5.74) is 6.49. The molecule has 0 fully saturated rings. The minimum Gasteiger partial charge on any atom is -0.375 e. The molecule has 0 spiro atoms. The van der Waals surface area contributed by atoms with Crippen LogP contribution in [0, 0.1) is 0 Å².